The highest BCUT2D eigenvalue weighted by Crippen LogP contribution is 2.39. The van der Waals surface area contributed by atoms with Crippen molar-refractivity contribution in [2.45, 2.75) is 17.2 Å². The fourth-order valence-corrected chi connectivity index (χ4v) is 7.30. The molecule has 0 amide bonds. The van der Waals surface area contributed by atoms with E-state index in [9.17, 15) is 17.2 Å². The van der Waals surface area contributed by atoms with E-state index in [4.69, 9.17) is 0 Å². The topological polar surface area (TPSA) is 75.2 Å². The Hall–Kier alpha value is -2.47. The molecule has 5 rings (SSSR count). The Kier molecular flexibility index (Phi) is 4.77. The van der Waals surface area contributed by atoms with Gasteiger partial charge in [0.15, 0.2) is 0 Å². The van der Waals surface area contributed by atoms with Crippen LogP contribution in [0.3, 0.4) is 0 Å². The van der Waals surface area contributed by atoms with Crippen LogP contribution in [0, 0.1) is 11.6 Å². The van der Waals surface area contributed by atoms with E-state index < -0.39 is 21.7 Å². The molecule has 11 heteroatoms. The van der Waals surface area contributed by atoms with Gasteiger partial charge < -0.3 is 5.32 Å². The Morgan fingerprint density at radius 3 is 2.80 bits per heavy atom. The molecule has 0 aliphatic carbocycles. The molecule has 4 aromatic rings. The second-order valence-electron chi connectivity index (χ2n) is 6.68. The van der Waals surface area contributed by atoms with Crippen molar-refractivity contribution < 1.29 is 17.2 Å². The molecule has 0 atom stereocenters. The van der Waals surface area contributed by atoms with E-state index in [0.717, 1.165) is 21.9 Å². The summed E-state index contributed by atoms with van der Waals surface area (Å²) >= 11 is 2.60. The summed E-state index contributed by atoms with van der Waals surface area (Å²) in [6.07, 6.45) is 1.86. The molecule has 1 aliphatic heterocycles. The molecule has 0 fully saturated rings. The van der Waals surface area contributed by atoms with E-state index in [1.165, 1.54) is 45.4 Å². The zero-order valence-electron chi connectivity index (χ0n) is 15.3. The number of anilines is 2. The Bertz CT molecular complexity index is 1350. The molecular weight excluding hydrogens is 450 g/mol. The summed E-state index contributed by atoms with van der Waals surface area (Å²) in [5.41, 5.74) is 1.06. The third kappa shape index (κ3) is 3.27. The first-order valence-corrected chi connectivity index (χ1v) is 12.1. The molecule has 30 heavy (non-hydrogen) atoms. The number of hydrogen-bond donors (Lipinski definition) is 1. The Morgan fingerprint density at radius 2 is 2.03 bits per heavy atom. The molecule has 0 bridgehead atoms. The minimum atomic E-state index is -3.55. The van der Waals surface area contributed by atoms with Gasteiger partial charge >= 0.3 is 0 Å². The molecule has 1 aromatic carbocycles. The summed E-state index contributed by atoms with van der Waals surface area (Å²) in [7, 11) is -3.55. The van der Waals surface area contributed by atoms with Gasteiger partial charge in [-0.2, -0.15) is 4.31 Å². The number of benzene rings is 1. The molecular formula is C19H14F2N4O2S3. The van der Waals surface area contributed by atoms with Crippen LogP contribution in [-0.2, 0) is 23.0 Å². The van der Waals surface area contributed by atoms with E-state index in [0.29, 0.717) is 27.8 Å². The summed E-state index contributed by atoms with van der Waals surface area (Å²) in [5.74, 6) is -0.970. The van der Waals surface area contributed by atoms with Crippen molar-refractivity contribution in [1.82, 2.24) is 14.3 Å². The van der Waals surface area contributed by atoms with Crippen LogP contribution in [0.15, 0.2) is 46.2 Å². The van der Waals surface area contributed by atoms with Crippen molar-refractivity contribution in [2.75, 3.05) is 11.9 Å². The summed E-state index contributed by atoms with van der Waals surface area (Å²) in [5, 5.41) is 5.41. The Labute approximate surface area is 178 Å². The lowest BCUT2D eigenvalue weighted by molar-refractivity contribution is 0.397. The predicted octanol–water partition coefficient (Wildman–Crippen LogP) is 4.52. The number of rotatable bonds is 4. The summed E-state index contributed by atoms with van der Waals surface area (Å²) in [6.45, 7) is 0.583. The highest BCUT2D eigenvalue weighted by atomic mass is 32.2. The van der Waals surface area contributed by atoms with Gasteiger partial charge in [0.05, 0.1) is 11.1 Å². The fourth-order valence-electron chi connectivity index (χ4n) is 3.46. The average molecular weight is 465 g/mol. The SMILES string of the molecule is O=S(=O)(c1cccs1)N1CCc2c(sc3ncnc(Nc4ccc(F)cc4F)c23)C1. The van der Waals surface area contributed by atoms with Gasteiger partial charge in [0.1, 0.15) is 32.8 Å². The average Bonchev–Trinajstić information content (AvgIpc) is 3.38. The van der Waals surface area contributed by atoms with Gasteiger partial charge in [-0.25, -0.2) is 27.2 Å². The second-order valence-corrected chi connectivity index (χ2v) is 10.9. The van der Waals surface area contributed by atoms with Crippen molar-refractivity contribution >= 4 is 54.4 Å². The van der Waals surface area contributed by atoms with Crippen LogP contribution in [0.4, 0.5) is 20.3 Å². The summed E-state index contributed by atoms with van der Waals surface area (Å²) < 4.78 is 54.8. The largest absolute Gasteiger partial charge is 0.337 e. The van der Waals surface area contributed by atoms with E-state index in [1.54, 1.807) is 17.5 Å². The number of fused-ring (bicyclic) bond motifs is 3. The van der Waals surface area contributed by atoms with Crippen molar-refractivity contribution in [3.8, 4) is 0 Å². The normalized spacial score (nSPS) is 14.7. The van der Waals surface area contributed by atoms with Crippen molar-refractivity contribution in [1.29, 1.82) is 0 Å². The minimum Gasteiger partial charge on any atom is -0.337 e. The molecule has 154 valence electrons. The highest BCUT2D eigenvalue weighted by molar-refractivity contribution is 7.91. The number of hydrogen-bond acceptors (Lipinski definition) is 7. The molecule has 4 heterocycles. The van der Waals surface area contributed by atoms with Crippen LogP contribution < -0.4 is 5.32 Å². The lowest BCUT2D eigenvalue weighted by atomic mass is 10.1. The van der Waals surface area contributed by atoms with E-state index in [1.807, 2.05) is 0 Å². The van der Waals surface area contributed by atoms with Gasteiger partial charge in [-0.1, -0.05) is 6.07 Å². The number of halogens is 2. The van der Waals surface area contributed by atoms with Crippen LogP contribution in [0.1, 0.15) is 10.4 Å². The standard InChI is InChI=1S/C19H14F2N4O2S3/c20-11-3-4-14(13(21)8-11)24-18-17-12-5-6-25(30(26,27)16-2-1-7-28-16)9-15(12)29-19(17)23-10-22-18/h1-4,7-8,10H,5-6,9H2,(H,22,23,24). The van der Waals surface area contributed by atoms with Crippen molar-refractivity contribution in [2.24, 2.45) is 0 Å². The van der Waals surface area contributed by atoms with Gasteiger partial charge in [-0.3, -0.25) is 0 Å². The number of sulfonamides is 1. The van der Waals surface area contributed by atoms with Gasteiger partial charge in [-0.15, -0.1) is 22.7 Å². The second kappa shape index (κ2) is 7.34. The molecule has 0 saturated heterocycles. The molecule has 0 unspecified atom stereocenters. The van der Waals surface area contributed by atoms with E-state index in [2.05, 4.69) is 15.3 Å². The van der Waals surface area contributed by atoms with Gasteiger partial charge in [0.25, 0.3) is 10.0 Å². The van der Waals surface area contributed by atoms with Gasteiger partial charge in [0, 0.05) is 24.0 Å². The molecule has 6 nitrogen and oxygen atoms in total. The molecule has 0 saturated carbocycles. The number of thiophene rings is 2. The Balaban J connectivity index is 1.52. The number of aromatic nitrogens is 2. The lowest BCUT2D eigenvalue weighted by Gasteiger charge is -2.25. The van der Waals surface area contributed by atoms with Crippen LogP contribution >= 0.6 is 22.7 Å². The number of nitrogens with one attached hydrogen (secondary N) is 1. The Morgan fingerprint density at radius 1 is 1.17 bits per heavy atom. The highest BCUT2D eigenvalue weighted by Gasteiger charge is 2.32. The van der Waals surface area contributed by atoms with Crippen LogP contribution in [-0.4, -0.2) is 29.2 Å². The first-order valence-electron chi connectivity index (χ1n) is 8.94. The van der Waals surface area contributed by atoms with Gasteiger partial charge in [0.2, 0.25) is 0 Å². The predicted molar refractivity (Wildman–Crippen MR) is 113 cm³/mol. The molecule has 0 radical (unpaired) electrons. The maximum absolute atomic E-state index is 14.1. The van der Waals surface area contributed by atoms with Crippen molar-refractivity contribution in [3.05, 3.63) is 64.1 Å². The number of nitrogens with zero attached hydrogens (tertiary/aromatic N) is 3. The molecule has 1 aliphatic rings. The smallest absolute Gasteiger partial charge is 0.252 e. The van der Waals surface area contributed by atoms with E-state index >= 15 is 0 Å². The van der Waals surface area contributed by atoms with Crippen molar-refractivity contribution in [3.63, 3.8) is 0 Å². The van der Waals surface area contributed by atoms with Crippen LogP contribution in [0.2, 0.25) is 0 Å². The zero-order valence-corrected chi connectivity index (χ0v) is 17.8. The first-order chi connectivity index (χ1) is 14.4. The lowest BCUT2D eigenvalue weighted by Crippen LogP contribution is -2.34. The zero-order chi connectivity index (χ0) is 20.9. The van der Waals surface area contributed by atoms with Crippen LogP contribution in [0.5, 0.6) is 0 Å². The van der Waals surface area contributed by atoms with E-state index in [-0.39, 0.29) is 12.2 Å². The van der Waals surface area contributed by atoms with Gasteiger partial charge in [-0.05, 0) is 35.6 Å². The summed E-state index contributed by atoms with van der Waals surface area (Å²) in [4.78, 5) is 10.1. The molecule has 1 N–H and O–H groups in total. The maximum atomic E-state index is 14.1. The third-order valence-corrected chi connectivity index (χ3v) is 9.22. The minimum absolute atomic E-state index is 0.106. The maximum Gasteiger partial charge on any atom is 0.252 e. The monoisotopic (exact) mass is 464 g/mol. The first kappa shape index (κ1) is 19.5. The third-order valence-electron chi connectivity index (χ3n) is 4.88. The molecule has 0 spiro atoms. The quantitative estimate of drug-likeness (QED) is 0.481. The summed E-state index contributed by atoms with van der Waals surface area (Å²) in [6, 6.07) is 6.60. The van der Waals surface area contributed by atoms with Crippen LogP contribution in [0.25, 0.3) is 10.2 Å². The molecule has 3 aromatic heterocycles. The fraction of sp³-hybridized carbons (Fsp3) is 0.158.